The van der Waals surface area contributed by atoms with E-state index in [1.807, 2.05) is 0 Å². The summed E-state index contributed by atoms with van der Waals surface area (Å²) in [6.07, 6.45) is -0.476. The van der Waals surface area contributed by atoms with E-state index < -0.39 is 23.5 Å². The summed E-state index contributed by atoms with van der Waals surface area (Å²) in [5, 5.41) is 15.4. The Kier molecular flexibility index (Phi) is 6.58. The van der Waals surface area contributed by atoms with Gasteiger partial charge in [0, 0.05) is 16.6 Å². The van der Waals surface area contributed by atoms with Crippen LogP contribution in [0.15, 0.2) is 53.0 Å². The summed E-state index contributed by atoms with van der Waals surface area (Å²) in [7, 11) is 0. The van der Waals surface area contributed by atoms with Crippen LogP contribution in [0.25, 0.3) is 0 Å². The van der Waals surface area contributed by atoms with Crippen LogP contribution in [0.2, 0.25) is 0 Å². The molecule has 158 valence electrons. The van der Waals surface area contributed by atoms with E-state index in [1.54, 1.807) is 50.2 Å². The van der Waals surface area contributed by atoms with E-state index >= 15 is 0 Å². The molecular formula is C22H23BrN2O5. The Labute approximate surface area is 182 Å². The van der Waals surface area contributed by atoms with Gasteiger partial charge in [0.25, 0.3) is 5.91 Å². The Bertz CT molecular complexity index is 962. The van der Waals surface area contributed by atoms with Crippen molar-refractivity contribution in [2.24, 2.45) is 0 Å². The van der Waals surface area contributed by atoms with E-state index in [0.29, 0.717) is 11.1 Å². The maximum absolute atomic E-state index is 13.1. The van der Waals surface area contributed by atoms with Crippen LogP contribution in [0.3, 0.4) is 0 Å². The van der Waals surface area contributed by atoms with E-state index in [9.17, 15) is 19.5 Å². The third-order valence-corrected chi connectivity index (χ3v) is 5.93. The van der Waals surface area contributed by atoms with E-state index in [0.717, 1.165) is 4.47 Å². The number of aromatic hydroxyl groups is 1. The fraction of sp³-hybridized carbons (Fsp3) is 0.318. The zero-order valence-electron chi connectivity index (χ0n) is 16.6. The second-order valence-corrected chi connectivity index (χ2v) is 8.35. The van der Waals surface area contributed by atoms with Gasteiger partial charge in [-0.2, -0.15) is 0 Å². The highest BCUT2D eigenvalue weighted by molar-refractivity contribution is 9.10. The molecule has 7 nitrogen and oxygen atoms in total. The molecule has 0 bridgehead atoms. The second-order valence-electron chi connectivity index (χ2n) is 7.43. The molecule has 3 N–H and O–H groups in total. The fourth-order valence-electron chi connectivity index (χ4n) is 3.26. The van der Waals surface area contributed by atoms with Gasteiger partial charge in [-0.3, -0.25) is 14.4 Å². The number of phenolic OH excluding ortho intramolecular Hbond substituents is 1. The normalized spacial score (nSPS) is 21.8. The van der Waals surface area contributed by atoms with Crippen LogP contribution >= 0.6 is 15.9 Å². The number of rotatable bonds is 6. The molecule has 3 rings (SSSR count). The fourth-order valence-corrected chi connectivity index (χ4v) is 3.52. The van der Waals surface area contributed by atoms with Crippen molar-refractivity contribution in [2.45, 2.75) is 31.4 Å². The molecule has 8 heteroatoms. The minimum atomic E-state index is -1.15. The van der Waals surface area contributed by atoms with E-state index in [4.69, 9.17) is 4.74 Å². The Morgan fingerprint density at radius 3 is 2.57 bits per heavy atom. The molecule has 1 heterocycles. The van der Waals surface area contributed by atoms with Crippen LogP contribution in [0.4, 0.5) is 0 Å². The summed E-state index contributed by atoms with van der Waals surface area (Å²) in [5.74, 6) is -1.79. The quantitative estimate of drug-likeness (QED) is 0.596. The number of hydrogen-bond donors (Lipinski definition) is 3. The topological polar surface area (TPSA) is 105 Å². The van der Waals surface area contributed by atoms with Crippen LogP contribution < -0.4 is 10.6 Å². The lowest BCUT2D eigenvalue weighted by molar-refractivity contribution is -0.130. The number of hydrogen-bond acceptors (Lipinski definition) is 5. The predicted molar refractivity (Wildman–Crippen MR) is 114 cm³/mol. The van der Waals surface area contributed by atoms with Crippen molar-refractivity contribution in [3.8, 4) is 5.75 Å². The summed E-state index contributed by atoms with van der Waals surface area (Å²) in [4.78, 5) is 37.9. The minimum Gasteiger partial charge on any atom is -0.508 e. The van der Waals surface area contributed by atoms with Crippen LogP contribution in [-0.4, -0.2) is 47.5 Å². The second kappa shape index (κ2) is 8.97. The molecule has 0 aliphatic carbocycles. The molecule has 1 saturated heterocycles. The van der Waals surface area contributed by atoms with Crippen molar-refractivity contribution < 1.29 is 24.2 Å². The summed E-state index contributed by atoms with van der Waals surface area (Å²) >= 11 is 3.32. The molecule has 0 radical (unpaired) electrons. The SMILES string of the molecule is CC1OCC(=O)C1(C)NC(=O)C(CNC(=O)c1ccc(Br)cc1)c1cccc(O)c1. The number of halogens is 1. The van der Waals surface area contributed by atoms with Crippen molar-refractivity contribution >= 4 is 33.5 Å². The van der Waals surface area contributed by atoms with Gasteiger partial charge in [-0.25, -0.2) is 0 Å². The Balaban J connectivity index is 1.80. The number of nitrogens with one attached hydrogen (secondary N) is 2. The zero-order valence-corrected chi connectivity index (χ0v) is 18.2. The third-order valence-electron chi connectivity index (χ3n) is 5.40. The third kappa shape index (κ3) is 4.71. The zero-order chi connectivity index (χ0) is 21.9. The van der Waals surface area contributed by atoms with Gasteiger partial charge in [0.2, 0.25) is 5.91 Å². The molecular weight excluding hydrogens is 452 g/mol. The van der Waals surface area contributed by atoms with Gasteiger partial charge in [-0.05, 0) is 55.8 Å². The van der Waals surface area contributed by atoms with Crippen LogP contribution in [0.5, 0.6) is 5.75 Å². The molecule has 3 atom stereocenters. The van der Waals surface area contributed by atoms with Crippen LogP contribution in [0, 0.1) is 0 Å². The molecule has 30 heavy (non-hydrogen) atoms. The van der Waals surface area contributed by atoms with Gasteiger partial charge in [0.05, 0.1) is 12.0 Å². The summed E-state index contributed by atoms with van der Waals surface area (Å²) in [6.45, 7) is 3.29. The molecule has 0 spiro atoms. The molecule has 0 saturated carbocycles. The number of ketones is 1. The highest BCUT2D eigenvalue weighted by Gasteiger charge is 2.47. The van der Waals surface area contributed by atoms with Crippen molar-refractivity contribution in [2.75, 3.05) is 13.2 Å². The smallest absolute Gasteiger partial charge is 0.251 e. The Hall–Kier alpha value is -2.71. The van der Waals surface area contributed by atoms with Gasteiger partial charge in [-0.15, -0.1) is 0 Å². The van der Waals surface area contributed by atoms with Crippen LogP contribution in [0.1, 0.15) is 35.7 Å². The van der Waals surface area contributed by atoms with Crippen molar-refractivity contribution in [3.05, 3.63) is 64.1 Å². The monoisotopic (exact) mass is 474 g/mol. The number of carbonyl (C=O) groups excluding carboxylic acids is 3. The first-order chi connectivity index (χ1) is 14.2. The lowest BCUT2D eigenvalue weighted by Crippen LogP contribution is -2.57. The Morgan fingerprint density at radius 2 is 1.97 bits per heavy atom. The van der Waals surface area contributed by atoms with Crippen molar-refractivity contribution in [3.63, 3.8) is 0 Å². The summed E-state index contributed by atoms with van der Waals surface area (Å²) in [6, 6.07) is 13.1. The van der Waals surface area contributed by atoms with Crippen molar-refractivity contribution in [1.29, 1.82) is 0 Å². The average Bonchev–Trinajstić information content (AvgIpc) is 2.95. The highest BCUT2D eigenvalue weighted by Crippen LogP contribution is 2.26. The largest absolute Gasteiger partial charge is 0.508 e. The van der Waals surface area contributed by atoms with Crippen LogP contribution in [-0.2, 0) is 14.3 Å². The van der Waals surface area contributed by atoms with Gasteiger partial charge in [0.15, 0.2) is 5.78 Å². The molecule has 2 aromatic rings. The van der Waals surface area contributed by atoms with Gasteiger partial charge < -0.3 is 20.5 Å². The number of phenols is 1. The number of Topliss-reactive ketones (excluding diaryl/α,β-unsaturated/α-hetero) is 1. The number of ether oxygens (including phenoxy) is 1. The van der Waals surface area contributed by atoms with E-state index in [-0.39, 0.29) is 30.6 Å². The average molecular weight is 475 g/mol. The van der Waals surface area contributed by atoms with Gasteiger partial charge >= 0.3 is 0 Å². The molecule has 2 aromatic carbocycles. The molecule has 1 aliphatic heterocycles. The summed E-state index contributed by atoms with van der Waals surface area (Å²) in [5.41, 5.74) is -0.179. The molecule has 0 aromatic heterocycles. The lowest BCUT2D eigenvalue weighted by atomic mass is 9.90. The highest BCUT2D eigenvalue weighted by atomic mass is 79.9. The van der Waals surface area contributed by atoms with Gasteiger partial charge in [-0.1, -0.05) is 28.1 Å². The molecule has 3 unspecified atom stereocenters. The van der Waals surface area contributed by atoms with Gasteiger partial charge in [0.1, 0.15) is 17.9 Å². The molecule has 1 fully saturated rings. The van der Waals surface area contributed by atoms with Crippen molar-refractivity contribution in [1.82, 2.24) is 10.6 Å². The lowest BCUT2D eigenvalue weighted by Gasteiger charge is -2.29. The predicted octanol–water partition coefficient (Wildman–Crippen LogP) is 2.53. The summed E-state index contributed by atoms with van der Waals surface area (Å²) < 4.78 is 6.22. The standard InChI is InChI=1S/C22H23BrN2O5/c1-13-22(2,19(27)12-30-13)25-21(29)18(15-4-3-5-17(26)10-15)11-24-20(28)14-6-8-16(23)9-7-14/h3-10,13,18,26H,11-12H2,1-2H3,(H,24,28)(H,25,29). The first kappa shape index (κ1) is 22.0. The number of amides is 2. The number of benzene rings is 2. The Morgan fingerprint density at radius 1 is 1.27 bits per heavy atom. The molecule has 1 aliphatic rings. The first-order valence-electron chi connectivity index (χ1n) is 9.50. The first-order valence-corrected chi connectivity index (χ1v) is 10.3. The maximum Gasteiger partial charge on any atom is 0.251 e. The maximum atomic E-state index is 13.1. The van der Waals surface area contributed by atoms with E-state index in [1.165, 1.54) is 12.1 Å². The molecule has 2 amide bonds. The number of carbonyl (C=O) groups is 3. The minimum absolute atomic E-state index is 0.00407. The van der Waals surface area contributed by atoms with E-state index in [2.05, 4.69) is 26.6 Å².